The topological polar surface area (TPSA) is 79.7 Å². The number of nitrogens with zero attached hydrogens (tertiary/aromatic N) is 4. The summed E-state index contributed by atoms with van der Waals surface area (Å²) in [5.41, 5.74) is 2.58. The number of anilines is 1. The second-order valence-electron chi connectivity index (χ2n) is 9.93. The molecule has 194 valence electrons. The molecule has 1 aliphatic rings. The number of allylic oxidation sites excluding steroid dienone is 2. The van der Waals surface area contributed by atoms with Crippen LogP contribution in [0.5, 0.6) is 5.75 Å². The standard InChI is InChI=1S/C29H41N5O2/c1-6-11-23(5)31-27-19-26(24-14-9-15-25(18-24)36-20-28(35)30-21(2)3)32-29(33-27)34-16-8-7-12-22(4)13-10-17-34/h6,9,11,14-15,18-19,21-22H,7-8,10,12-13,16-17,20H2,1-5H3,(H,30,35)/b11-6-,31-23?. The summed E-state index contributed by atoms with van der Waals surface area (Å²) in [5.74, 6) is 2.61. The van der Waals surface area contributed by atoms with Crippen molar-refractivity contribution in [3.05, 3.63) is 42.5 Å². The van der Waals surface area contributed by atoms with Crippen LogP contribution in [0.25, 0.3) is 11.3 Å². The van der Waals surface area contributed by atoms with Gasteiger partial charge in [-0.25, -0.2) is 9.98 Å². The summed E-state index contributed by atoms with van der Waals surface area (Å²) in [6.07, 6.45) is 9.95. The summed E-state index contributed by atoms with van der Waals surface area (Å²) < 4.78 is 5.76. The third-order valence-electron chi connectivity index (χ3n) is 6.13. The zero-order valence-corrected chi connectivity index (χ0v) is 22.5. The number of rotatable bonds is 8. The van der Waals surface area contributed by atoms with Crippen LogP contribution in [0.3, 0.4) is 0 Å². The number of carbonyl (C=O) groups is 1. The van der Waals surface area contributed by atoms with E-state index >= 15 is 0 Å². The average molecular weight is 492 g/mol. The Balaban J connectivity index is 1.92. The molecule has 1 fully saturated rings. The van der Waals surface area contributed by atoms with Crippen molar-refractivity contribution in [2.75, 3.05) is 24.6 Å². The quantitative estimate of drug-likeness (QED) is 0.450. The van der Waals surface area contributed by atoms with Crippen molar-refractivity contribution in [3.63, 3.8) is 0 Å². The third-order valence-corrected chi connectivity index (χ3v) is 6.13. The Morgan fingerprint density at radius 1 is 1.19 bits per heavy atom. The normalized spacial score (nSPS) is 17.6. The number of aromatic nitrogens is 2. The molecule has 0 saturated carbocycles. The molecule has 0 radical (unpaired) electrons. The lowest BCUT2D eigenvalue weighted by Gasteiger charge is -2.23. The second kappa shape index (κ2) is 13.8. The van der Waals surface area contributed by atoms with E-state index < -0.39 is 0 Å². The van der Waals surface area contributed by atoms with Gasteiger partial charge in [0.2, 0.25) is 5.95 Å². The van der Waals surface area contributed by atoms with Gasteiger partial charge in [0.1, 0.15) is 5.75 Å². The van der Waals surface area contributed by atoms with Crippen LogP contribution in [0, 0.1) is 5.92 Å². The highest BCUT2D eigenvalue weighted by Gasteiger charge is 2.16. The number of carbonyl (C=O) groups excluding carboxylic acids is 1. The van der Waals surface area contributed by atoms with Crippen LogP contribution < -0.4 is 15.0 Å². The predicted molar refractivity (Wildman–Crippen MR) is 148 cm³/mol. The second-order valence-corrected chi connectivity index (χ2v) is 9.93. The molecular formula is C29H41N5O2. The third kappa shape index (κ3) is 8.77. The SMILES string of the molecule is C/C=C\C(C)=Nc1cc(-c2cccc(OCC(=O)NC(C)C)c2)nc(N2CCCCC(C)CCC2)n1. The number of benzene rings is 1. The molecule has 1 aromatic heterocycles. The van der Waals surface area contributed by atoms with Crippen molar-refractivity contribution < 1.29 is 9.53 Å². The highest BCUT2D eigenvalue weighted by Crippen LogP contribution is 2.28. The molecule has 1 saturated heterocycles. The summed E-state index contributed by atoms with van der Waals surface area (Å²) >= 11 is 0. The van der Waals surface area contributed by atoms with E-state index in [-0.39, 0.29) is 18.6 Å². The lowest BCUT2D eigenvalue weighted by Crippen LogP contribution is -2.34. The Kier molecular flexibility index (Phi) is 10.5. The van der Waals surface area contributed by atoms with Gasteiger partial charge in [-0.3, -0.25) is 4.79 Å². The van der Waals surface area contributed by atoms with Gasteiger partial charge in [-0.15, -0.1) is 0 Å². The molecule has 36 heavy (non-hydrogen) atoms. The van der Waals surface area contributed by atoms with E-state index in [2.05, 4.69) is 17.1 Å². The van der Waals surface area contributed by atoms with Crippen LogP contribution in [0.4, 0.5) is 11.8 Å². The Morgan fingerprint density at radius 3 is 2.75 bits per heavy atom. The van der Waals surface area contributed by atoms with E-state index in [0.717, 1.165) is 54.8 Å². The summed E-state index contributed by atoms with van der Waals surface area (Å²) in [6, 6.07) is 9.68. The van der Waals surface area contributed by atoms with Crippen molar-refractivity contribution in [1.29, 1.82) is 0 Å². The summed E-state index contributed by atoms with van der Waals surface area (Å²) in [5, 5.41) is 2.85. The fourth-order valence-corrected chi connectivity index (χ4v) is 4.37. The zero-order valence-electron chi connectivity index (χ0n) is 22.5. The molecule has 1 aromatic carbocycles. The highest BCUT2D eigenvalue weighted by atomic mass is 16.5. The van der Waals surface area contributed by atoms with Gasteiger partial charge in [-0.2, -0.15) is 4.98 Å². The van der Waals surface area contributed by atoms with Crippen LogP contribution in [0.1, 0.15) is 66.7 Å². The molecule has 2 heterocycles. The fraction of sp³-hybridized carbons (Fsp3) is 0.517. The molecule has 0 bridgehead atoms. The first-order valence-corrected chi connectivity index (χ1v) is 13.2. The van der Waals surface area contributed by atoms with Crippen LogP contribution in [0.2, 0.25) is 0 Å². The molecule has 7 heteroatoms. The van der Waals surface area contributed by atoms with Crippen molar-refractivity contribution >= 4 is 23.4 Å². The Labute approximate surface area is 216 Å². The maximum absolute atomic E-state index is 12.0. The monoisotopic (exact) mass is 491 g/mol. The van der Waals surface area contributed by atoms with E-state index in [0.29, 0.717) is 11.6 Å². The van der Waals surface area contributed by atoms with Gasteiger partial charge >= 0.3 is 0 Å². The van der Waals surface area contributed by atoms with E-state index in [1.807, 2.05) is 70.2 Å². The number of hydrogen-bond acceptors (Lipinski definition) is 6. The van der Waals surface area contributed by atoms with Crippen molar-refractivity contribution in [2.24, 2.45) is 10.9 Å². The molecule has 1 unspecified atom stereocenters. The van der Waals surface area contributed by atoms with Crippen molar-refractivity contribution in [3.8, 4) is 17.0 Å². The first kappa shape index (κ1) is 27.4. The molecule has 0 aliphatic carbocycles. The number of aliphatic imine (C=N–C) groups is 1. The van der Waals surface area contributed by atoms with Crippen molar-refractivity contribution in [2.45, 2.75) is 72.8 Å². The van der Waals surface area contributed by atoms with E-state index in [4.69, 9.17) is 19.7 Å². The van der Waals surface area contributed by atoms with E-state index in [1.54, 1.807) is 0 Å². The molecule has 0 spiro atoms. The number of amides is 1. The molecule has 1 N–H and O–H groups in total. The molecule has 7 nitrogen and oxygen atoms in total. The van der Waals surface area contributed by atoms with Crippen molar-refractivity contribution in [1.82, 2.24) is 15.3 Å². The molecule has 2 aromatic rings. The molecule has 1 aliphatic heterocycles. The van der Waals surface area contributed by atoms with Gasteiger partial charge < -0.3 is 15.0 Å². The summed E-state index contributed by atoms with van der Waals surface area (Å²) in [7, 11) is 0. The molecular weight excluding hydrogens is 450 g/mol. The molecule has 1 amide bonds. The van der Waals surface area contributed by atoms with Gasteiger partial charge in [0, 0.05) is 36.5 Å². The van der Waals surface area contributed by atoms with Crippen LogP contribution >= 0.6 is 0 Å². The largest absolute Gasteiger partial charge is 0.484 e. The van der Waals surface area contributed by atoms with E-state index in [9.17, 15) is 4.79 Å². The smallest absolute Gasteiger partial charge is 0.258 e. The summed E-state index contributed by atoms with van der Waals surface area (Å²) in [4.78, 5) is 28.9. The van der Waals surface area contributed by atoms with Crippen LogP contribution in [0.15, 0.2) is 47.5 Å². The average Bonchev–Trinajstić information content (AvgIpc) is 2.94. The Morgan fingerprint density at radius 2 is 1.97 bits per heavy atom. The minimum Gasteiger partial charge on any atom is -0.484 e. The highest BCUT2D eigenvalue weighted by molar-refractivity contribution is 5.94. The number of nitrogens with one attached hydrogen (secondary N) is 1. The first-order chi connectivity index (χ1) is 17.3. The predicted octanol–water partition coefficient (Wildman–Crippen LogP) is 6.12. The molecule has 3 rings (SSSR count). The minimum atomic E-state index is -0.141. The fourth-order valence-electron chi connectivity index (χ4n) is 4.37. The maximum atomic E-state index is 12.0. The van der Waals surface area contributed by atoms with Crippen LogP contribution in [-0.4, -0.2) is 47.3 Å². The summed E-state index contributed by atoms with van der Waals surface area (Å²) in [6.45, 7) is 12.0. The number of hydrogen-bond donors (Lipinski definition) is 1. The van der Waals surface area contributed by atoms with Gasteiger partial charge in [0.05, 0.1) is 5.69 Å². The lowest BCUT2D eigenvalue weighted by atomic mass is 10.00. The van der Waals surface area contributed by atoms with Gasteiger partial charge in [-0.1, -0.05) is 38.0 Å². The Bertz CT molecular complexity index is 1060. The zero-order chi connectivity index (χ0) is 25.9. The van der Waals surface area contributed by atoms with Crippen LogP contribution in [-0.2, 0) is 4.79 Å². The van der Waals surface area contributed by atoms with Gasteiger partial charge in [-0.05, 0) is 71.1 Å². The maximum Gasteiger partial charge on any atom is 0.258 e. The van der Waals surface area contributed by atoms with Gasteiger partial charge in [0.25, 0.3) is 5.91 Å². The minimum absolute atomic E-state index is 0.0268. The lowest BCUT2D eigenvalue weighted by molar-refractivity contribution is -0.123. The Hall–Kier alpha value is -3.22. The first-order valence-electron chi connectivity index (χ1n) is 13.2. The van der Waals surface area contributed by atoms with E-state index in [1.165, 1.54) is 19.3 Å². The van der Waals surface area contributed by atoms with Gasteiger partial charge in [0.15, 0.2) is 12.4 Å². The molecule has 1 atom stereocenters. The number of ether oxygens (including phenoxy) is 1.